The quantitative estimate of drug-likeness (QED) is 0.514. The minimum atomic E-state index is 0.0972. The molecule has 9 heavy (non-hydrogen) atoms. The molecule has 54 valence electrons. The van der Waals surface area contributed by atoms with Crippen LogP contribution in [-0.4, -0.2) is 18.5 Å². The third-order valence-electron chi connectivity index (χ3n) is 0.854. The molecule has 0 aliphatic rings. The van der Waals surface area contributed by atoms with Gasteiger partial charge < -0.3 is 11.1 Å². The zero-order valence-electron chi connectivity index (χ0n) is 6.11. The molecular formula is C6H15N2O+. The summed E-state index contributed by atoms with van der Waals surface area (Å²) in [5.74, 6) is 0.0972. The first kappa shape index (κ1) is 8.43. The number of amides is 1. The molecule has 0 rings (SSSR count). The number of hydrogen-bond acceptors (Lipinski definition) is 1. The van der Waals surface area contributed by atoms with Crippen LogP contribution in [0.1, 0.15) is 20.3 Å². The summed E-state index contributed by atoms with van der Waals surface area (Å²) in [5.41, 5.74) is 3.57. The molecule has 0 heterocycles. The number of nitrogens with one attached hydrogen (secondary N) is 1. The summed E-state index contributed by atoms with van der Waals surface area (Å²) in [5, 5.41) is 2.76. The molecule has 0 spiro atoms. The largest absolute Gasteiger partial charge is 0.357 e. The van der Waals surface area contributed by atoms with Crippen molar-refractivity contribution in [3.05, 3.63) is 0 Å². The maximum atomic E-state index is 10.7. The minimum absolute atomic E-state index is 0.0972. The van der Waals surface area contributed by atoms with E-state index in [-0.39, 0.29) is 11.9 Å². The van der Waals surface area contributed by atoms with Gasteiger partial charge in [0.1, 0.15) is 0 Å². The summed E-state index contributed by atoms with van der Waals surface area (Å²) < 4.78 is 0. The van der Waals surface area contributed by atoms with E-state index >= 15 is 0 Å². The average Bonchev–Trinajstić information content (AvgIpc) is 1.63. The molecule has 1 amide bonds. The predicted octanol–water partition coefficient (Wildman–Crippen LogP) is -0.857. The molecule has 0 fully saturated rings. The highest BCUT2D eigenvalue weighted by molar-refractivity contribution is 5.76. The Morgan fingerprint density at radius 3 is 2.56 bits per heavy atom. The standard InChI is InChI=1S/C6H14N2O/c1-5(2)8-6(9)3-4-7/h5H,3-4,7H2,1-2H3,(H,8,9)/p+1. The Morgan fingerprint density at radius 2 is 2.22 bits per heavy atom. The van der Waals surface area contributed by atoms with Crippen LogP contribution in [0.2, 0.25) is 0 Å². The lowest BCUT2D eigenvalue weighted by Gasteiger charge is -2.05. The van der Waals surface area contributed by atoms with E-state index in [0.29, 0.717) is 13.0 Å². The molecule has 0 saturated heterocycles. The molecule has 0 unspecified atom stereocenters. The molecule has 0 aliphatic heterocycles. The summed E-state index contributed by atoms with van der Waals surface area (Å²) >= 11 is 0. The van der Waals surface area contributed by atoms with Crippen molar-refractivity contribution in [1.82, 2.24) is 5.32 Å². The lowest BCUT2D eigenvalue weighted by Crippen LogP contribution is -2.52. The molecule has 0 aromatic heterocycles. The smallest absolute Gasteiger partial charge is 0.225 e. The maximum absolute atomic E-state index is 10.7. The van der Waals surface area contributed by atoms with Crippen molar-refractivity contribution >= 4 is 5.91 Å². The van der Waals surface area contributed by atoms with Crippen LogP contribution in [0.5, 0.6) is 0 Å². The van der Waals surface area contributed by atoms with Crippen LogP contribution in [0.4, 0.5) is 0 Å². The van der Waals surface area contributed by atoms with Gasteiger partial charge in [-0.2, -0.15) is 0 Å². The summed E-state index contributed by atoms with van der Waals surface area (Å²) in [4.78, 5) is 10.7. The van der Waals surface area contributed by atoms with E-state index in [0.717, 1.165) is 0 Å². The average molecular weight is 131 g/mol. The van der Waals surface area contributed by atoms with Gasteiger partial charge in [-0.15, -0.1) is 0 Å². The molecule has 0 aliphatic carbocycles. The minimum Gasteiger partial charge on any atom is -0.357 e. The van der Waals surface area contributed by atoms with Crippen LogP contribution < -0.4 is 11.1 Å². The van der Waals surface area contributed by atoms with Crippen LogP contribution in [0, 0.1) is 0 Å². The van der Waals surface area contributed by atoms with Gasteiger partial charge >= 0.3 is 0 Å². The van der Waals surface area contributed by atoms with E-state index < -0.39 is 0 Å². The van der Waals surface area contributed by atoms with Crippen LogP contribution >= 0.6 is 0 Å². The second-order valence-electron chi connectivity index (χ2n) is 2.33. The number of quaternary nitrogens is 1. The fourth-order valence-electron chi connectivity index (χ4n) is 0.555. The van der Waals surface area contributed by atoms with Gasteiger partial charge in [-0.1, -0.05) is 0 Å². The number of carbonyl (C=O) groups is 1. The highest BCUT2D eigenvalue weighted by Gasteiger charge is 2.00. The molecule has 0 radical (unpaired) electrons. The summed E-state index contributed by atoms with van der Waals surface area (Å²) in [6.45, 7) is 4.57. The first-order valence-electron chi connectivity index (χ1n) is 3.25. The summed E-state index contributed by atoms with van der Waals surface area (Å²) in [7, 11) is 0. The Balaban J connectivity index is 3.27. The third-order valence-corrected chi connectivity index (χ3v) is 0.854. The summed E-state index contributed by atoms with van der Waals surface area (Å²) in [6, 6.07) is 0.254. The van der Waals surface area contributed by atoms with Crippen LogP contribution in [0.25, 0.3) is 0 Å². The van der Waals surface area contributed by atoms with Crippen molar-refractivity contribution in [2.45, 2.75) is 26.3 Å². The molecule has 0 aromatic rings. The number of carbonyl (C=O) groups excluding carboxylic acids is 1. The zero-order chi connectivity index (χ0) is 7.28. The van der Waals surface area contributed by atoms with Gasteiger partial charge in [0, 0.05) is 6.04 Å². The number of hydrogen-bond donors (Lipinski definition) is 2. The second kappa shape index (κ2) is 4.32. The number of rotatable bonds is 3. The highest BCUT2D eigenvalue weighted by Crippen LogP contribution is 1.78. The van der Waals surface area contributed by atoms with Gasteiger partial charge in [0.2, 0.25) is 5.91 Å². The second-order valence-corrected chi connectivity index (χ2v) is 2.33. The fourth-order valence-corrected chi connectivity index (χ4v) is 0.555. The lowest BCUT2D eigenvalue weighted by molar-refractivity contribution is -0.366. The molecular weight excluding hydrogens is 116 g/mol. The molecule has 0 aromatic carbocycles. The van der Waals surface area contributed by atoms with Crippen LogP contribution in [-0.2, 0) is 4.79 Å². The third kappa shape index (κ3) is 5.30. The Labute approximate surface area is 55.6 Å². The van der Waals surface area contributed by atoms with Crippen LogP contribution in [0.3, 0.4) is 0 Å². The van der Waals surface area contributed by atoms with E-state index in [1.807, 2.05) is 13.8 Å². The van der Waals surface area contributed by atoms with Crippen molar-refractivity contribution < 1.29 is 10.5 Å². The monoisotopic (exact) mass is 131 g/mol. The molecule has 4 N–H and O–H groups in total. The topological polar surface area (TPSA) is 56.7 Å². The first-order chi connectivity index (χ1) is 4.16. The molecule has 3 nitrogen and oxygen atoms in total. The Morgan fingerprint density at radius 1 is 1.67 bits per heavy atom. The maximum Gasteiger partial charge on any atom is 0.225 e. The fraction of sp³-hybridized carbons (Fsp3) is 0.833. The van der Waals surface area contributed by atoms with Crippen LogP contribution in [0.15, 0.2) is 0 Å². The SMILES string of the molecule is CC(C)NC(=O)CC[NH3+]. The Hall–Kier alpha value is -0.570. The van der Waals surface area contributed by atoms with Gasteiger partial charge in [-0.25, -0.2) is 0 Å². The van der Waals surface area contributed by atoms with E-state index in [1.165, 1.54) is 0 Å². The van der Waals surface area contributed by atoms with Crippen molar-refractivity contribution in [3.8, 4) is 0 Å². The van der Waals surface area contributed by atoms with Gasteiger partial charge in [0.15, 0.2) is 0 Å². The first-order valence-corrected chi connectivity index (χ1v) is 3.25. The van der Waals surface area contributed by atoms with Crippen molar-refractivity contribution in [3.63, 3.8) is 0 Å². The van der Waals surface area contributed by atoms with Gasteiger partial charge in [0.25, 0.3) is 0 Å². The van der Waals surface area contributed by atoms with E-state index in [1.54, 1.807) is 0 Å². The molecule has 3 heteroatoms. The van der Waals surface area contributed by atoms with Crippen molar-refractivity contribution in [2.24, 2.45) is 0 Å². The molecule has 0 saturated carbocycles. The lowest BCUT2D eigenvalue weighted by atomic mass is 10.3. The molecule has 0 atom stereocenters. The molecule has 0 bridgehead atoms. The zero-order valence-corrected chi connectivity index (χ0v) is 6.11. The van der Waals surface area contributed by atoms with E-state index in [9.17, 15) is 4.79 Å². The van der Waals surface area contributed by atoms with Gasteiger partial charge in [-0.3, -0.25) is 4.79 Å². The Bertz CT molecular complexity index is 91.1. The highest BCUT2D eigenvalue weighted by atomic mass is 16.1. The predicted molar refractivity (Wildman–Crippen MR) is 35.7 cm³/mol. The van der Waals surface area contributed by atoms with Gasteiger partial charge in [-0.05, 0) is 13.8 Å². The normalized spacial score (nSPS) is 9.78. The van der Waals surface area contributed by atoms with E-state index in [4.69, 9.17) is 0 Å². The summed E-state index contributed by atoms with van der Waals surface area (Å²) in [6.07, 6.45) is 0.540. The van der Waals surface area contributed by atoms with Gasteiger partial charge in [0.05, 0.1) is 13.0 Å². The van der Waals surface area contributed by atoms with Crippen molar-refractivity contribution in [1.29, 1.82) is 0 Å². The van der Waals surface area contributed by atoms with E-state index in [2.05, 4.69) is 11.1 Å². The van der Waals surface area contributed by atoms with Crippen molar-refractivity contribution in [2.75, 3.05) is 6.54 Å². The Kier molecular flexibility index (Phi) is 4.05.